The van der Waals surface area contributed by atoms with E-state index in [1.165, 1.54) is 5.56 Å². The molecule has 0 radical (unpaired) electrons. The maximum absolute atomic E-state index is 11.3. The summed E-state index contributed by atoms with van der Waals surface area (Å²) in [6.45, 7) is 6.92. The van der Waals surface area contributed by atoms with E-state index in [1.807, 2.05) is 30.3 Å². The van der Waals surface area contributed by atoms with Crippen molar-refractivity contribution in [1.82, 2.24) is 5.32 Å². The summed E-state index contributed by atoms with van der Waals surface area (Å²) in [7, 11) is 0. The molecule has 1 aliphatic carbocycles. The van der Waals surface area contributed by atoms with Gasteiger partial charge in [-0.15, -0.1) is 0 Å². The van der Waals surface area contributed by atoms with Gasteiger partial charge in [0, 0.05) is 0 Å². The van der Waals surface area contributed by atoms with Crippen molar-refractivity contribution >= 4 is 17.7 Å². The highest BCUT2D eigenvalue weighted by atomic mass is 35.5. The van der Waals surface area contributed by atoms with E-state index >= 15 is 0 Å². The van der Waals surface area contributed by atoms with E-state index in [0.717, 1.165) is 36.0 Å². The number of hydrogen-bond acceptors (Lipinski definition) is 2. The number of aryl methyl sites for hydroxylation is 1. The van der Waals surface area contributed by atoms with Gasteiger partial charge in [0.2, 0.25) is 0 Å². The summed E-state index contributed by atoms with van der Waals surface area (Å²) < 4.78 is 5.65. The number of ether oxygens (including phenoxy) is 1. The molecule has 2 aromatic carbocycles. The number of nitrogens with one attached hydrogen (secondary N) is 1. The fraction of sp³-hybridized carbons (Fsp3) is 0.409. The first-order chi connectivity index (χ1) is 12.8. The molecule has 1 aliphatic rings. The SMILES string of the molecule is CCCOc1ccc(-c2ccc3c(c2)CCC(C)(C)[C@@H]3NC(=O)O)cc1Cl. The molecule has 2 N–H and O–H groups in total. The van der Waals surface area contributed by atoms with Crippen LogP contribution in [0, 0.1) is 5.41 Å². The van der Waals surface area contributed by atoms with Crippen molar-refractivity contribution < 1.29 is 14.6 Å². The topological polar surface area (TPSA) is 58.6 Å². The summed E-state index contributed by atoms with van der Waals surface area (Å²) in [4.78, 5) is 11.3. The normalized spacial score (nSPS) is 17.9. The highest BCUT2D eigenvalue weighted by Gasteiger charge is 2.37. The van der Waals surface area contributed by atoms with Gasteiger partial charge in [-0.1, -0.05) is 56.6 Å². The van der Waals surface area contributed by atoms with Gasteiger partial charge >= 0.3 is 6.09 Å². The van der Waals surface area contributed by atoms with Crippen molar-refractivity contribution in [1.29, 1.82) is 0 Å². The van der Waals surface area contributed by atoms with Crippen LogP contribution in [0.2, 0.25) is 5.02 Å². The molecule has 0 spiro atoms. The van der Waals surface area contributed by atoms with Gasteiger partial charge in [-0.3, -0.25) is 0 Å². The lowest BCUT2D eigenvalue weighted by Crippen LogP contribution is -2.40. The Kier molecular flexibility index (Phi) is 5.66. The van der Waals surface area contributed by atoms with Crippen LogP contribution in [0.5, 0.6) is 5.75 Å². The molecule has 4 nitrogen and oxygen atoms in total. The molecular formula is C22H26ClNO3. The molecule has 0 fully saturated rings. The molecule has 144 valence electrons. The second kappa shape index (κ2) is 7.81. The quantitative estimate of drug-likeness (QED) is 0.653. The third kappa shape index (κ3) is 4.22. The Morgan fingerprint density at radius 3 is 2.63 bits per heavy atom. The Balaban J connectivity index is 1.92. The van der Waals surface area contributed by atoms with Crippen molar-refractivity contribution in [3.63, 3.8) is 0 Å². The van der Waals surface area contributed by atoms with E-state index in [2.05, 4.69) is 32.2 Å². The summed E-state index contributed by atoms with van der Waals surface area (Å²) in [5, 5.41) is 12.5. The molecule has 0 saturated heterocycles. The van der Waals surface area contributed by atoms with Crippen LogP contribution in [0.25, 0.3) is 11.1 Å². The summed E-state index contributed by atoms with van der Waals surface area (Å²) in [6, 6.07) is 11.9. The van der Waals surface area contributed by atoms with Gasteiger partial charge in [0.15, 0.2) is 0 Å². The van der Waals surface area contributed by atoms with Crippen LogP contribution < -0.4 is 10.1 Å². The minimum absolute atomic E-state index is 0.117. The number of halogens is 1. The minimum atomic E-state index is -0.987. The van der Waals surface area contributed by atoms with Gasteiger partial charge in [0.05, 0.1) is 17.7 Å². The van der Waals surface area contributed by atoms with E-state index in [0.29, 0.717) is 17.4 Å². The molecule has 1 atom stereocenters. The predicted molar refractivity (Wildman–Crippen MR) is 109 cm³/mol. The van der Waals surface area contributed by atoms with Crippen LogP contribution >= 0.6 is 11.6 Å². The Bertz CT molecular complexity index is 847. The molecule has 2 aromatic rings. The third-order valence-corrected chi connectivity index (χ3v) is 5.56. The smallest absolute Gasteiger partial charge is 0.405 e. The molecule has 0 aliphatic heterocycles. The molecule has 0 bridgehead atoms. The summed E-state index contributed by atoms with van der Waals surface area (Å²) in [5.41, 5.74) is 4.24. The van der Waals surface area contributed by atoms with Crippen LogP contribution in [-0.4, -0.2) is 17.8 Å². The fourth-order valence-electron chi connectivity index (χ4n) is 3.71. The van der Waals surface area contributed by atoms with E-state index in [4.69, 9.17) is 16.3 Å². The zero-order valence-electron chi connectivity index (χ0n) is 16.0. The van der Waals surface area contributed by atoms with Gasteiger partial charge in [-0.05, 0) is 59.1 Å². The first-order valence-electron chi connectivity index (χ1n) is 9.37. The van der Waals surface area contributed by atoms with Crippen molar-refractivity contribution in [3.8, 4) is 16.9 Å². The summed E-state index contributed by atoms with van der Waals surface area (Å²) in [5.74, 6) is 0.702. The zero-order valence-corrected chi connectivity index (χ0v) is 16.8. The maximum atomic E-state index is 11.3. The van der Waals surface area contributed by atoms with Crippen molar-refractivity contribution in [2.24, 2.45) is 5.41 Å². The Hall–Kier alpha value is -2.20. The first kappa shape index (κ1) is 19.6. The standard InChI is InChI=1S/C22H26ClNO3/c1-4-11-27-19-8-6-15(13-18(19)23)14-5-7-17-16(12-14)9-10-22(2,3)20(17)24-21(25)26/h5-8,12-13,20,24H,4,9-11H2,1-3H3,(H,25,26)/t20-/m1/s1. The molecule has 5 heteroatoms. The third-order valence-electron chi connectivity index (χ3n) is 5.27. The highest BCUT2D eigenvalue weighted by Crippen LogP contribution is 2.44. The number of carboxylic acid groups (broad SMARTS) is 1. The zero-order chi connectivity index (χ0) is 19.6. The van der Waals surface area contributed by atoms with Gasteiger partial charge in [0.25, 0.3) is 0 Å². The lowest BCUT2D eigenvalue weighted by Gasteiger charge is -2.40. The average Bonchev–Trinajstić information content (AvgIpc) is 2.62. The summed E-state index contributed by atoms with van der Waals surface area (Å²) in [6.07, 6.45) is 1.81. The molecule has 27 heavy (non-hydrogen) atoms. The number of fused-ring (bicyclic) bond motifs is 1. The second-order valence-electron chi connectivity index (χ2n) is 7.78. The summed E-state index contributed by atoms with van der Waals surface area (Å²) >= 11 is 6.38. The Labute approximate surface area is 165 Å². The lowest BCUT2D eigenvalue weighted by molar-refractivity contribution is 0.161. The van der Waals surface area contributed by atoms with Gasteiger partial charge in [-0.2, -0.15) is 0 Å². The van der Waals surface area contributed by atoms with Gasteiger partial charge in [0.1, 0.15) is 5.75 Å². The first-order valence-corrected chi connectivity index (χ1v) is 9.74. The minimum Gasteiger partial charge on any atom is -0.492 e. The molecule has 0 aromatic heterocycles. The van der Waals surface area contributed by atoms with Crippen LogP contribution in [0.1, 0.15) is 50.8 Å². The van der Waals surface area contributed by atoms with Crippen LogP contribution in [0.15, 0.2) is 36.4 Å². The van der Waals surface area contributed by atoms with E-state index in [-0.39, 0.29) is 11.5 Å². The van der Waals surface area contributed by atoms with Crippen molar-refractivity contribution in [2.45, 2.75) is 46.1 Å². The van der Waals surface area contributed by atoms with Crippen LogP contribution in [0.3, 0.4) is 0 Å². The van der Waals surface area contributed by atoms with Gasteiger partial charge in [-0.25, -0.2) is 4.79 Å². The molecule has 0 heterocycles. The van der Waals surface area contributed by atoms with Crippen molar-refractivity contribution in [3.05, 3.63) is 52.5 Å². The van der Waals surface area contributed by atoms with E-state index in [9.17, 15) is 9.90 Å². The second-order valence-corrected chi connectivity index (χ2v) is 8.19. The number of rotatable bonds is 5. The maximum Gasteiger partial charge on any atom is 0.405 e. The number of hydrogen-bond donors (Lipinski definition) is 2. The van der Waals surface area contributed by atoms with Gasteiger partial charge < -0.3 is 15.2 Å². The van der Waals surface area contributed by atoms with Crippen LogP contribution in [0.4, 0.5) is 4.79 Å². The monoisotopic (exact) mass is 387 g/mol. The Morgan fingerprint density at radius 1 is 1.26 bits per heavy atom. The average molecular weight is 388 g/mol. The van der Waals surface area contributed by atoms with E-state index in [1.54, 1.807) is 0 Å². The molecule has 3 rings (SSSR count). The predicted octanol–water partition coefficient (Wildman–Crippen LogP) is 6.08. The number of carbonyl (C=O) groups is 1. The molecule has 0 unspecified atom stereocenters. The lowest BCUT2D eigenvalue weighted by atomic mass is 9.70. The highest BCUT2D eigenvalue weighted by molar-refractivity contribution is 6.32. The number of amides is 1. The number of benzene rings is 2. The molecular weight excluding hydrogens is 362 g/mol. The van der Waals surface area contributed by atoms with Crippen LogP contribution in [-0.2, 0) is 6.42 Å². The largest absolute Gasteiger partial charge is 0.492 e. The molecule has 0 saturated carbocycles. The van der Waals surface area contributed by atoms with Crippen molar-refractivity contribution in [2.75, 3.05) is 6.61 Å². The Morgan fingerprint density at radius 2 is 1.96 bits per heavy atom. The van der Waals surface area contributed by atoms with E-state index < -0.39 is 6.09 Å². The fourth-order valence-corrected chi connectivity index (χ4v) is 3.95. The molecule has 1 amide bonds.